The lowest BCUT2D eigenvalue weighted by Crippen LogP contribution is -2.42. The molecule has 1 aromatic heterocycles. The number of guanidine groups is 1. The average molecular weight is 441 g/mol. The molecule has 158 valence electrons. The van der Waals surface area contributed by atoms with Crippen molar-refractivity contribution in [1.82, 2.24) is 25.7 Å². The summed E-state index contributed by atoms with van der Waals surface area (Å²) in [5.74, 6) is 0.298. The fourth-order valence-corrected chi connectivity index (χ4v) is 2.76. The number of aliphatic imine (C=N–C) groups is 1. The van der Waals surface area contributed by atoms with E-state index in [9.17, 15) is 9.90 Å². The Morgan fingerprint density at radius 1 is 1.24 bits per heavy atom. The number of hydrogen-bond acceptors (Lipinski definition) is 4. The number of halogens is 2. The highest BCUT2D eigenvalue weighted by Crippen LogP contribution is 2.22. The van der Waals surface area contributed by atoms with Gasteiger partial charge in [0, 0.05) is 44.0 Å². The summed E-state index contributed by atoms with van der Waals surface area (Å²) < 4.78 is 1.63. The summed E-state index contributed by atoms with van der Waals surface area (Å²) in [6.45, 7) is 5.29. The van der Waals surface area contributed by atoms with Gasteiger partial charge in [0.2, 0.25) is 0 Å². The lowest BCUT2D eigenvalue weighted by molar-refractivity contribution is 0.0672. The number of benzene rings is 1. The number of nitrogens with zero attached hydrogens (tertiary/aromatic N) is 3. The van der Waals surface area contributed by atoms with Gasteiger partial charge in [-0.3, -0.25) is 9.48 Å². The van der Waals surface area contributed by atoms with E-state index in [1.54, 1.807) is 43.2 Å². The molecule has 0 aliphatic carbocycles. The molecule has 2 aromatic rings. The molecule has 0 radical (unpaired) electrons. The van der Waals surface area contributed by atoms with Gasteiger partial charge in [0.1, 0.15) is 5.60 Å². The molecule has 10 heteroatoms. The molecule has 8 nitrogen and oxygen atoms in total. The van der Waals surface area contributed by atoms with Crippen LogP contribution < -0.4 is 16.0 Å². The van der Waals surface area contributed by atoms with Crippen molar-refractivity contribution in [2.75, 3.05) is 26.2 Å². The van der Waals surface area contributed by atoms with Crippen LogP contribution in [0.15, 0.2) is 35.6 Å². The van der Waals surface area contributed by atoms with Crippen molar-refractivity contribution >= 4 is 35.1 Å². The van der Waals surface area contributed by atoms with Crippen LogP contribution >= 0.6 is 23.2 Å². The molecule has 0 saturated carbocycles. The quantitative estimate of drug-likeness (QED) is 0.285. The van der Waals surface area contributed by atoms with E-state index < -0.39 is 5.60 Å². The zero-order valence-corrected chi connectivity index (χ0v) is 18.2. The topological polar surface area (TPSA) is 104 Å². The summed E-state index contributed by atoms with van der Waals surface area (Å²) >= 11 is 11.8. The highest BCUT2D eigenvalue weighted by molar-refractivity contribution is 6.42. The maximum atomic E-state index is 12.2. The fraction of sp³-hybridized carbons (Fsp3) is 0.421. The Hall–Kier alpha value is -2.29. The number of rotatable bonds is 8. The first kappa shape index (κ1) is 23.0. The largest absolute Gasteiger partial charge is 0.383 e. The number of amides is 1. The molecular weight excluding hydrogens is 415 g/mol. The lowest BCUT2D eigenvalue weighted by atomic mass is 10.0. The number of aromatic nitrogens is 2. The van der Waals surface area contributed by atoms with Crippen molar-refractivity contribution in [3.63, 3.8) is 0 Å². The van der Waals surface area contributed by atoms with Gasteiger partial charge in [-0.1, -0.05) is 23.2 Å². The van der Waals surface area contributed by atoms with Crippen LogP contribution in [-0.2, 0) is 12.6 Å². The van der Waals surface area contributed by atoms with Crippen molar-refractivity contribution in [2.45, 2.75) is 19.4 Å². The number of carbonyl (C=O) groups excluding carboxylic acids is 1. The summed E-state index contributed by atoms with van der Waals surface area (Å²) in [7, 11) is 1.79. The number of nitrogens with one attached hydrogen (secondary N) is 3. The molecule has 0 aliphatic heterocycles. The third-order valence-electron chi connectivity index (χ3n) is 4.10. The second kappa shape index (κ2) is 10.5. The summed E-state index contributed by atoms with van der Waals surface area (Å²) in [4.78, 5) is 16.6. The highest BCUT2D eigenvalue weighted by atomic mass is 35.5. The molecule has 2 rings (SSSR count). The molecule has 0 spiro atoms. The molecular formula is C19H26Cl2N6O2. The van der Waals surface area contributed by atoms with Gasteiger partial charge in [0.25, 0.3) is 5.91 Å². The Morgan fingerprint density at radius 2 is 1.97 bits per heavy atom. The predicted octanol–water partition coefficient (Wildman–Crippen LogP) is 1.92. The lowest BCUT2D eigenvalue weighted by Gasteiger charge is -2.20. The number of carbonyl (C=O) groups is 1. The van der Waals surface area contributed by atoms with E-state index in [1.165, 1.54) is 6.07 Å². The Kier molecular flexibility index (Phi) is 8.31. The van der Waals surface area contributed by atoms with Crippen molar-refractivity contribution in [1.29, 1.82) is 0 Å². The van der Waals surface area contributed by atoms with Gasteiger partial charge in [0.15, 0.2) is 5.96 Å². The minimum absolute atomic E-state index is 0.156. The van der Waals surface area contributed by atoms with Crippen molar-refractivity contribution in [2.24, 2.45) is 12.0 Å². The van der Waals surface area contributed by atoms with Crippen LogP contribution in [0.1, 0.15) is 29.8 Å². The molecule has 0 fully saturated rings. The van der Waals surface area contributed by atoms with Gasteiger partial charge >= 0.3 is 0 Å². The van der Waals surface area contributed by atoms with Gasteiger partial charge in [-0.15, -0.1) is 0 Å². The zero-order valence-electron chi connectivity index (χ0n) is 16.7. The van der Waals surface area contributed by atoms with Gasteiger partial charge in [-0.2, -0.15) is 5.10 Å². The zero-order chi connectivity index (χ0) is 21.4. The third kappa shape index (κ3) is 6.92. The number of aliphatic hydroxyl groups is 1. The first-order valence-electron chi connectivity index (χ1n) is 9.20. The summed E-state index contributed by atoms with van der Waals surface area (Å²) in [6.07, 6.45) is 3.38. The smallest absolute Gasteiger partial charge is 0.251 e. The minimum Gasteiger partial charge on any atom is -0.383 e. The Morgan fingerprint density at radius 3 is 2.59 bits per heavy atom. The van der Waals surface area contributed by atoms with Crippen LogP contribution in [0.5, 0.6) is 0 Å². The van der Waals surface area contributed by atoms with E-state index in [4.69, 9.17) is 23.2 Å². The van der Waals surface area contributed by atoms with Crippen LogP contribution in [0.25, 0.3) is 0 Å². The van der Waals surface area contributed by atoms with Crippen LogP contribution in [0.3, 0.4) is 0 Å². The molecule has 1 unspecified atom stereocenters. The van der Waals surface area contributed by atoms with E-state index in [0.29, 0.717) is 46.8 Å². The Bertz CT molecular complexity index is 866. The molecule has 0 saturated heterocycles. The van der Waals surface area contributed by atoms with Crippen LogP contribution in [0.4, 0.5) is 0 Å². The molecule has 1 heterocycles. The summed E-state index contributed by atoms with van der Waals surface area (Å²) in [5, 5.41) is 24.5. The summed E-state index contributed by atoms with van der Waals surface area (Å²) in [6, 6.07) is 4.73. The molecule has 1 atom stereocenters. The van der Waals surface area contributed by atoms with Gasteiger partial charge in [-0.05, 0) is 32.0 Å². The van der Waals surface area contributed by atoms with Crippen molar-refractivity contribution in [3.8, 4) is 0 Å². The molecule has 4 N–H and O–H groups in total. The van der Waals surface area contributed by atoms with Gasteiger partial charge in [-0.25, -0.2) is 4.99 Å². The van der Waals surface area contributed by atoms with Crippen molar-refractivity contribution < 1.29 is 9.90 Å². The van der Waals surface area contributed by atoms with E-state index in [-0.39, 0.29) is 12.5 Å². The number of aryl methyl sites for hydroxylation is 1. The second-order valence-electron chi connectivity index (χ2n) is 6.68. The van der Waals surface area contributed by atoms with E-state index >= 15 is 0 Å². The Balaban J connectivity index is 1.86. The monoisotopic (exact) mass is 440 g/mol. The van der Waals surface area contributed by atoms with Crippen LogP contribution in [-0.4, -0.2) is 52.9 Å². The molecule has 0 aliphatic rings. The fourth-order valence-electron chi connectivity index (χ4n) is 2.46. The van der Waals surface area contributed by atoms with Gasteiger partial charge < -0.3 is 21.1 Å². The predicted molar refractivity (Wildman–Crippen MR) is 116 cm³/mol. The standard InChI is InChI=1S/C19H26Cl2N6O2/c1-4-22-18(25-12-19(2,29)14-10-26-27(3)11-14)24-8-7-23-17(28)13-5-6-15(20)16(21)9-13/h5-6,9-11,29H,4,7-8,12H2,1-3H3,(H,23,28)(H2,22,24,25). The Labute approximate surface area is 180 Å². The molecule has 1 aromatic carbocycles. The van der Waals surface area contributed by atoms with Crippen LogP contribution in [0.2, 0.25) is 10.0 Å². The minimum atomic E-state index is -1.14. The second-order valence-corrected chi connectivity index (χ2v) is 7.50. The van der Waals surface area contributed by atoms with E-state index in [0.717, 1.165) is 0 Å². The first-order valence-corrected chi connectivity index (χ1v) is 9.95. The summed E-state index contributed by atoms with van der Waals surface area (Å²) in [5.41, 5.74) is -0.0143. The normalized spacial score (nSPS) is 13.7. The van der Waals surface area contributed by atoms with Crippen molar-refractivity contribution in [3.05, 3.63) is 51.8 Å². The molecule has 1 amide bonds. The SMILES string of the molecule is CCNC(=NCC(C)(O)c1cnn(C)c1)NCCNC(=O)c1ccc(Cl)c(Cl)c1. The average Bonchev–Trinajstić information content (AvgIpc) is 3.12. The highest BCUT2D eigenvalue weighted by Gasteiger charge is 2.24. The van der Waals surface area contributed by atoms with E-state index in [2.05, 4.69) is 26.0 Å². The molecule has 0 bridgehead atoms. The van der Waals surface area contributed by atoms with Gasteiger partial charge in [0.05, 0.1) is 22.8 Å². The number of hydrogen-bond donors (Lipinski definition) is 4. The first-order chi connectivity index (χ1) is 13.7. The molecule has 29 heavy (non-hydrogen) atoms. The third-order valence-corrected chi connectivity index (χ3v) is 4.84. The van der Waals surface area contributed by atoms with E-state index in [1.807, 2.05) is 6.92 Å². The maximum Gasteiger partial charge on any atom is 0.251 e. The van der Waals surface area contributed by atoms with Crippen LogP contribution in [0, 0.1) is 0 Å². The maximum absolute atomic E-state index is 12.2.